The fourth-order valence-corrected chi connectivity index (χ4v) is 3.52. The molecule has 0 aliphatic carbocycles. The molecule has 0 spiro atoms. The standard InChI is InChI=1S/C15H22N2O2/c1-2-6-17(15(18)11-5-7-19-10-11)14-8-12-3-4-13(9-14)16-12/h5,7,10,12-14,16H,2-4,6,8-9H2,1H3. The summed E-state index contributed by atoms with van der Waals surface area (Å²) in [6.07, 6.45) is 8.86. The van der Waals surface area contributed by atoms with E-state index in [0.29, 0.717) is 23.7 Å². The van der Waals surface area contributed by atoms with Gasteiger partial charge >= 0.3 is 0 Å². The average molecular weight is 262 g/mol. The molecule has 2 atom stereocenters. The molecule has 4 nitrogen and oxygen atoms in total. The van der Waals surface area contributed by atoms with Crippen LogP contribution in [-0.2, 0) is 0 Å². The van der Waals surface area contributed by atoms with E-state index in [-0.39, 0.29) is 5.91 Å². The number of furan rings is 1. The quantitative estimate of drug-likeness (QED) is 0.906. The molecule has 4 heteroatoms. The van der Waals surface area contributed by atoms with Crippen LogP contribution in [0.15, 0.2) is 23.0 Å². The Morgan fingerprint density at radius 1 is 1.42 bits per heavy atom. The van der Waals surface area contributed by atoms with Crippen molar-refractivity contribution in [2.45, 2.75) is 57.2 Å². The summed E-state index contributed by atoms with van der Waals surface area (Å²) in [5.74, 6) is 0.127. The van der Waals surface area contributed by atoms with E-state index >= 15 is 0 Å². The lowest BCUT2D eigenvalue weighted by molar-refractivity contribution is 0.0616. The number of carbonyl (C=O) groups excluding carboxylic acids is 1. The Hall–Kier alpha value is -1.29. The van der Waals surface area contributed by atoms with E-state index in [1.54, 1.807) is 18.6 Å². The number of nitrogens with one attached hydrogen (secondary N) is 1. The fourth-order valence-electron chi connectivity index (χ4n) is 3.52. The van der Waals surface area contributed by atoms with Crippen molar-refractivity contribution in [3.8, 4) is 0 Å². The molecule has 19 heavy (non-hydrogen) atoms. The fraction of sp³-hybridized carbons (Fsp3) is 0.667. The Kier molecular flexibility index (Phi) is 3.60. The molecule has 2 unspecified atom stereocenters. The first-order valence-electron chi connectivity index (χ1n) is 7.37. The van der Waals surface area contributed by atoms with Gasteiger partial charge in [-0.1, -0.05) is 6.92 Å². The minimum absolute atomic E-state index is 0.127. The molecule has 1 aromatic rings. The maximum atomic E-state index is 12.6. The zero-order valence-electron chi connectivity index (χ0n) is 11.5. The van der Waals surface area contributed by atoms with E-state index in [9.17, 15) is 4.79 Å². The van der Waals surface area contributed by atoms with Crippen LogP contribution in [0.5, 0.6) is 0 Å². The second-order valence-electron chi connectivity index (χ2n) is 5.77. The topological polar surface area (TPSA) is 45.5 Å². The molecule has 2 aliphatic heterocycles. The van der Waals surface area contributed by atoms with Gasteiger partial charge in [-0.25, -0.2) is 0 Å². The lowest BCUT2D eigenvalue weighted by Crippen LogP contribution is -2.50. The molecule has 0 radical (unpaired) electrons. The second kappa shape index (κ2) is 5.37. The predicted octanol–water partition coefficient (Wildman–Crippen LogP) is 2.41. The van der Waals surface area contributed by atoms with Crippen molar-refractivity contribution in [1.82, 2.24) is 10.2 Å². The van der Waals surface area contributed by atoms with Crippen LogP contribution in [0, 0.1) is 0 Å². The van der Waals surface area contributed by atoms with Gasteiger partial charge in [-0.2, -0.15) is 0 Å². The number of rotatable bonds is 4. The third-order valence-electron chi connectivity index (χ3n) is 4.38. The number of hydrogen-bond donors (Lipinski definition) is 1. The van der Waals surface area contributed by atoms with Crippen molar-refractivity contribution in [3.05, 3.63) is 24.2 Å². The highest BCUT2D eigenvalue weighted by molar-refractivity contribution is 5.94. The van der Waals surface area contributed by atoms with Crippen molar-refractivity contribution in [2.24, 2.45) is 0 Å². The van der Waals surface area contributed by atoms with Crippen molar-refractivity contribution < 1.29 is 9.21 Å². The monoisotopic (exact) mass is 262 g/mol. The molecule has 3 rings (SSSR count). The highest BCUT2D eigenvalue weighted by Gasteiger charge is 2.37. The maximum Gasteiger partial charge on any atom is 0.257 e. The molecule has 1 N–H and O–H groups in total. The van der Waals surface area contributed by atoms with Crippen molar-refractivity contribution in [2.75, 3.05) is 6.54 Å². The van der Waals surface area contributed by atoms with Gasteiger partial charge in [0.2, 0.25) is 0 Å². The van der Waals surface area contributed by atoms with Crippen LogP contribution in [0.3, 0.4) is 0 Å². The molecule has 1 amide bonds. The van der Waals surface area contributed by atoms with Gasteiger partial charge in [0.05, 0.1) is 11.8 Å². The van der Waals surface area contributed by atoms with Crippen LogP contribution in [0.25, 0.3) is 0 Å². The molecule has 2 bridgehead atoms. The summed E-state index contributed by atoms with van der Waals surface area (Å²) in [6.45, 7) is 2.97. The van der Waals surface area contributed by atoms with Gasteiger partial charge in [0.1, 0.15) is 6.26 Å². The van der Waals surface area contributed by atoms with E-state index in [0.717, 1.165) is 25.8 Å². The predicted molar refractivity (Wildman–Crippen MR) is 73.0 cm³/mol. The summed E-state index contributed by atoms with van der Waals surface area (Å²) in [4.78, 5) is 14.6. The van der Waals surface area contributed by atoms with E-state index < -0.39 is 0 Å². The Morgan fingerprint density at radius 3 is 2.74 bits per heavy atom. The summed E-state index contributed by atoms with van der Waals surface area (Å²) in [7, 11) is 0. The molecular weight excluding hydrogens is 240 g/mol. The number of nitrogens with zero attached hydrogens (tertiary/aromatic N) is 1. The molecule has 104 valence electrons. The lowest BCUT2D eigenvalue weighted by atomic mass is 9.97. The number of hydrogen-bond acceptors (Lipinski definition) is 3. The van der Waals surface area contributed by atoms with Gasteiger partial charge in [-0.3, -0.25) is 4.79 Å². The molecule has 0 saturated carbocycles. The summed E-state index contributed by atoms with van der Waals surface area (Å²) in [5.41, 5.74) is 0.680. The summed E-state index contributed by atoms with van der Waals surface area (Å²) in [5, 5.41) is 3.63. The number of amides is 1. The smallest absolute Gasteiger partial charge is 0.257 e. The van der Waals surface area contributed by atoms with Crippen LogP contribution in [0.2, 0.25) is 0 Å². The van der Waals surface area contributed by atoms with Gasteiger partial charge in [0.25, 0.3) is 5.91 Å². The van der Waals surface area contributed by atoms with Crippen LogP contribution >= 0.6 is 0 Å². The van der Waals surface area contributed by atoms with Crippen LogP contribution in [0.1, 0.15) is 49.4 Å². The molecule has 0 aromatic carbocycles. The van der Waals surface area contributed by atoms with E-state index in [2.05, 4.69) is 17.1 Å². The zero-order valence-corrected chi connectivity index (χ0v) is 11.5. The van der Waals surface area contributed by atoms with Gasteiger partial charge in [0.15, 0.2) is 0 Å². The highest BCUT2D eigenvalue weighted by Crippen LogP contribution is 2.30. The van der Waals surface area contributed by atoms with Crippen LogP contribution in [0.4, 0.5) is 0 Å². The Bertz CT molecular complexity index is 417. The molecular formula is C15H22N2O2. The third kappa shape index (κ3) is 2.54. The number of fused-ring (bicyclic) bond motifs is 2. The normalized spacial score (nSPS) is 29.4. The highest BCUT2D eigenvalue weighted by atomic mass is 16.3. The van der Waals surface area contributed by atoms with E-state index in [4.69, 9.17) is 4.42 Å². The number of carbonyl (C=O) groups is 1. The first-order valence-corrected chi connectivity index (χ1v) is 7.37. The maximum absolute atomic E-state index is 12.6. The zero-order chi connectivity index (χ0) is 13.2. The summed E-state index contributed by atoms with van der Waals surface area (Å²) >= 11 is 0. The second-order valence-corrected chi connectivity index (χ2v) is 5.77. The lowest BCUT2D eigenvalue weighted by Gasteiger charge is -2.37. The molecule has 2 saturated heterocycles. The number of piperidine rings is 1. The summed E-state index contributed by atoms with van der Waals surface area (Å²) in [6, 6.07) is 3.38. The third-order valence-corrected chi connectivity index (χ3v) is 4.38. The SMILES string of the molecule is CCCN(C(=O)c1ccoc1)C1CC2CCC(C1)N2. The largest absolute Gasteiger partial charge is 0.472 e. The molecule has 2 fully saturated rings. The van der Waals surface area contributed by atoms with Gasteiger partial charge in [0, 0.05) is 24.7 Å². The Labute approximate surface area is 114 Å². The van der Waals surface area contributed by atoms with Crippen molar-refractivity contribution in [3.63, 3.8) is 0 Å². The van der Waals surface area contributed by atoms with Gasteiger partial charge in [-0.15, -0.1) is 0 Å². The van der Waals surface area contributed by atoms with Crippen LogP contribution < -0.4 is 5.32 Å². The minimum Gasteiger partial charge on any atom is -0.472 e. The van der Waals surface area contributed by atoms with Gasteiger partial charge < -0.3 is 14.6 Å². The van der Waals surface area contributed by atoms with Crippen LogP contribution in [-0.4, -0.2) is 35.5 Å². The molecule has 2 aliphatic rings. The van der Waals surface area contributed by atoms with Gasteiger partial charge in [-0.05, 0) is 38.2 Å². The molecule has 3 heterocycles. The average Bonchev–Trinajstić information content (AvgIpc) is 3.05. The Morgan fingerprint density at radius 2 is 2.16 bits per heavy atom. The van der Waals surface area contributed by atoms with E-state index in [1.165, 1.54) is 12.8 Å². The Balaban J connectivity index is 1.75. The van der Waals surface area contributed by atoms with E-state index in [1.807, 2.05) is 0 Å². The first-order chi connectivity index (χ1) is 9.28. The van der Waals surface area contributed by atoms with Crippen molar-refractivity contribution in [1.29, 1.82) is 0 Å². The molecule has 1 aromatic heterocycles. The van der Waals surface area contributed by atoms with Crippen molar-refractivity contribution >= 4 is 5.91 Å². The minimum atomic E-state index is 0.127. The first kappa shape index (κ1) is 12.7. The summed E-state index contributed by atoms with van der Waals surface area (Å²) < 4.78 is 5.05.